The van der Waals surface area contributed by atoms with Crippen LogP contribution in [0.25, 0.3) is 0 Å². The van der Waals surface area contributed by atoms with Crippen LogP contribution in [-0.4, -0.2) is 70.8 Å². The third-order valence-corrected chi connectivity index (χ3v) is 21.4. The maximum atomic E-state index is 5.47. The fourth-order valence-electron chi connectivity index (χ4n) is 2.16. The van der Waals surface area contributed by atoms with E-state index >= 15 is 0 Å². The second-order valence-electron chi connectivity index (χ2n) is 5.75. The molecule has 0 aliphatic rings. The lowest BCUT2D eigenvalue weighted by molar-refractivity contribution is 0.122. The molecule has 0 radical (unpaired) electrons. The zero-order chi connectivity index (χ0) is 21.5. The normalized spacial score (nSPS) is 15.0. The minimum Gasteiger partial charge on any atom is -0.377 e. The predicted molar refractivity (Wildman–Crippen MR) is 137 cm³/mol. The molecule has 0 aromatic rings. The van der Waals surface area contributed by atoms with Gasteiger partial charge in [-0.15, -0.1) is 0 Å². The van der Waals surface area contributed by atoms with Gasteiger partial charge in [0.15, 0.2) is 0 Å². The van der Waals surface area contributed by atoms with E-state index in [1.165, 1.54) is 0 Å². The van der Waals surface area contributed by atoms with Crippen molar-refractivity contribution >= 4 is 78.5 Å². The van der Waals surface area contributed by atoms with E-state index in [9.17, 15) is 0 Å². The van der Waals surface area contributed by atoms with Crippen LogP contribution in [0.1, 0.15) is 26.7 Å². The molecule has 0 aliphatic heterocycles. The molecule has 0 fully saturated rings. The van der Waals surface area contributed by atoms with Crippen LogP contribution in [0.15, 0.2) is 0 Å². The number of rotatable bonds is 19. The standard InChI is InChI=1S/C14H34O6S6Si2/c1-13(9-11-27(15-3,16-4)17-5)21-23-25-26-24-22-14(2)10-12-28(18-6,19-7)20-8/h13-14H,9-12H2,1-8H3. The van der Waals surface area contributed by atoms with Gasteiger partial charge in [0.2, 0.25) is 0 Å². The summed E-state index contributed by atoms with van der Waals surface area (Å²) in [6, 6.07) is 1.67. The van der Waals surface area contributed by atoms with Crippen LogP contribution < -0.4 is 0 Å². The van der Waals surface area contributed by atoms with Crippen LogP contribution in [0.4, 0.5) is 0 Å². The summed E-state index contributed by atoms with van der Waals surface area (Å²) >= 11 is 0. The largest absolute Gasteiger partial charge is 0.500 e. The molecular weight excluding hydrogens is 513 g/mol. The van der Waals surface area contributed by atoms with Crippen molar-refractivity contribution in [3.63, 3.8) is 0 Å². The Morgan fingerprint density at radius 3 is 1.07 bits per heavy atom. The molecule has 2 atom stereocenters. The highest BCUT2D eigenvalue weighted by atomic mass is 33.9. The van der Waals surface area contributed by atoms with Gasteiger partial charge in [-0.3, -0.25) is 0 Å². The Bertz CT molecular complexity index is 332. The fourth-order valence-corrected chi connectivity index (χ4v) is 18.9. The Labute approximate surface area is 195 Å². The van der Waals surface area contributed by atoms with Crippen molar-refractivity contribution in [1.82, 2.24) is 0 Å². The first kappa shape index (κ1) is 30.3. The molecule has 170 valence electrons. The zero-order valence-electron chi connectivity index (χ0n) is 17.9. The van der Waals surface area contributed by atoms with Crippen LogP contribution in [0, 0.1) is 0 Å². The van der Waals surface area contributed by atoms with E-state index < -0.39 is 17.6 Å². The zero-order valence-corrected chi connectivity index (χ0v) is 24.8. The van der Waals surface area contributed by atoms with Crippen molar-refractivity contribution in [2.45, 2.75) is 49.3 Å². The highest BCUT2D eigenvalue weighted by molar-refractivity contribution is 9.41. The molecule has 0 aromatic heterocycles. The van der Waals surface area contributed by atoms with Gasteiger partial charge >= 0.3 is 17.6 Å². The van der Waals surface area contributed by atoms with Gasteiger partial charge in [0.1, 0.15) is 0 Å². The van der Waals surface area contributed by atoms with E-state index in [2.05, 4.69) is 13.8 Å². The Morgan fingerprint density at radius 1 is 0.536 bits per heavy atom. The molecule has 0 N–H and O–H groups in total. The van der Waals surface area contributed by atoms with E-state index in [0.29, 0.717) is 10.5 Å². The Kier molecular flexibility index (Phi) is 19.3. The maximum absolute atomic E-state index is 5.47. The topological polar surface area (TPSA) is 55.4 Å². The van der Waals surface area contributed by atoms with Crippen molar-refractivity contribution in [1.29, 1.82) is 0 Å². The lowest BCUT2D eigenvalue weighted by Crippen LogP contribution is -2.43. The molecular formula is C14H34O6S6Si2. The van der Waals surface area contributed by atoms with E-state index in [-0.39, 0.29) is 0 Å². The monoisotopic (exact) mass is 546 g/mol. The second kappa shape index (κ2) is 17.8. The smallest absolute Gasteiger partial charge is 0.377 e. The number of hydrogen-bond acceptors (Lipinski definition) is 12. The van der Waals surface area contributed by atoms with Crippen molar-refractivity contribution in [3.05, 3.63) is 0 Å². The van der Waals surface area contributed by atoms with Crippen molar-refractivity contribution in [2.24, 2.45) is 0 Å². The number of hydrogen-bond donors (Lipinski definition) is 0. The summed E-state index contributed by atoms with van der Waals surface area (Å²) in [4.78, 5) is 0. The van der Waals surface area contributed by atoms with Gasteiger partial charge in [-0.1, -0.05) is 35.4 Å². The molecule has 0 aromatic carbocycles. The first-order valence-corrected chi connectivity index (χ1v) is 20.1. The first-order chi connectivity index (χ1) is 13.4. The van der Waals surface area contributed by atoms with E-state index in [0.717, 1.165) is 24.9 Å². The van der Waals surface area contributed by atoms with Crippen LogP contribution >= 0.6 is 60.9 Å². The average molecular weight is 547 g/mol. The van der Waals surface area contributed by atoms with Crippen LogP contribution in [0.5, 0.6) is 0 Å². The quantitative estimate of drug-likeness (QED) is 0.104. The predicted octanol–water partition coefficient (Wildman–Crippen LogP) is 6.27. The van der Waals surface area contributed by atoms with Crippen molar-refractivity contribution < 1.29 is 26.6 Å². The molecule has 0 aliphatic carbocycles. The molecule has 0 bridgehead atoms. The van der Waals surface area contributed by atoms with Gasteiger partial charge in [-0.2, -0.15) is 0 Å². The van der Waals surface area contributed by atoms with E-state index in [1.807, 2.05) is 41.2 Å². The van der Waals surface area contributed by atoms with E-state index in [1.54, 1.807) is 62.3 Å². The molecule has 0 amide bonds. The molecule has 6 nitrogen and oxygen atoms in total. The molecule has 0 spiro atoms. The summed E-state index contributed by atoms with van der Waals surface area (Å²) in [7, 11) is 16.1. The lowest BCUT2D eigenvalue weighted by Gasteiger charge is -2.25. The average Bonchev–Trinajstić information content (AvgIpc) is 2.73. The van der Waals surface area contributed by atoms with Crippen LogP contribution in [-0.2, 0) is 26.6 Å². The highest BCUT2D eigenvalue weighted by Gasteiger charge is 2.38. The van der Waals surface area contributed by atoms with Gasteiger partial charge in [-0.05, 0) is 52.1 Å². The minimum absolute atomic E-state index is 0.511. The van der Waals surface area contributed by atoms with Gasteiger partial charge in [0.05, 0.1) is 0 Å². The summed E-state index contributed by atoms with van der Waals surface area (Å²) in [6.07, 6.45) is 2.02. The summed E-state index contributed by atoms with van der Waals surface area (Å²) < 4.78 is 32.8. The summed E-state index contributed by atoms with van der Waals surface area (Å²) in [5.74, 6) is 0. The SMILES string of the molecule is CO[Si](CCC(C)SSSSSSC(C)CC[Si](OC)(OC)OC)(OC)OC. The van der Waals surface area contributed by atoms with Crippen LogP contribution in [0.3, 0.4) is 0 Å². The van der Waals surface area contributed by atoms with Gasteiger partial charge in [-0.25, -0.2) is 0 Å². The Hall–Kier alpha value is 2.29. The lowest BCUT2D eigenvalue weighted by atomic mass is 10.4. The third-order valence-electron chi connectivity index (χ3n) is 4.07. The Balaban J connectivity index is 3.83. The van der Waals surface area contributed by atoms with Gasteiger partial charge in [0, 0.05) is 65.2 Å². The second-order valence-corrected chi connectivity index (χ2v) is 22.2. The molecule has 0 saturated carbocycles. The summed E-state index contributed by atoms with van der Waals surface area (Å²) in [5.41, 5.74) is 0. The molecule has 0 heterocycles. The molecule has 2 unspecified atom stereocenters. The summed E-state index contributed by atoms with van der Waals surface area (Å²) in [5, 5.41) is 1.02. The van der Waals surface area contributed by atoms with Crippen LogP contribution in [0.2, 0.25) is 12.1 Å². The molecule has 0 rings (SSSR count). The molecule has 14 heteroatoms. The Morgan fingerprint density at radius 2 is 0.821 bits per heavy atom. The molecule has 28 heavy (non-hydrogen) atoms. The summed E-state index contributed by atoms with van der Waals surface area (Å²) in [6.45, 7) is 4.45. The first-order valence-electron chi connectivity index (χ1n) is 8.66. The van der Waals surface area contributed by atoms with E-state index in [4.69, 9.17) is 26.6 Å². The third kappa shape index (κ3) is 12.4. The fraction of sp³-hybridized carbons (Fsp3) is 1.00. The van der Waals surface area contributed by atoms with Gasteiger partial charge in [0.25, 0.3) is 0 Å². The van der Waals surface area contributed by atoms with Gasteiger partial charge < -0.3 is 26.6 Å². The van der Waals surface area contributed by atoms with Crippen molar-refractivity contribution in [3.8, 4) is 0 Å². The minimum atomic E-state index is -2.45. The highest BCUT2D eigenvalue weighted by Crippen LogP contribution is 2.54. The van der Waals surface area contributed by atoms with Crippen molar-refractivity contribution in [2.75, 3.05) is 42.7 Å². The maximum Gasteiger partial charge on any atom is 0.500 e. The molecule has 0 saturated heterocycles.